The van der Waals surface area contributed by atoms with E-state index in [-0.39, 0.29) is 6.61 Å². The highest BCUT2D eigenvalue weighted by atomic mass is 16.5. The van der Waals surface area contributed by atoms with Crippen LogP contribution in [0.5, 0.6) is 17.2 Å². The molecule has 2 rings (SSSR count). The fraction of sp³-hybridized carbons (Fsp3) is 0.211. The topological polar surface area (TPSA) is 54.0 Å². The van der Waals surface area contributed by atoms with E-state index in [2.05, 4.69) is 0 Å². The second-order valence-corrected chi connectivity index (χ2v) is 4.85. The molecular weight excluding hydrogens is 308 g/mol. The maximum Gasteiger partial charge on any atom is 0.331 e. The number of methoxy groups -OCH3 is 3. The smallest absolute Gasteiger partial charge is 0.331 e. The summed E-state index contributed by atoms with van der Waals surface area (Å²) in [4.78, 5) is 11.9. The zero-order valence-corrected chi connectivity index (χ0v) is 13.9. The molecule has 0 aromatic heterocycles. The largest absolute Gasteiger partial charge is 0.493 e. The van der Waals surface area contributed by atoms with Crippen molar-refractivity contribution in [3.8, 4) is 17.2 Å². The quantitative estimate of drug-likeness (QED) is 0.575. The molecule has 0 aliphatic rings. The third-order valence-electron chi connectivity index (χ3n) is 3.36. The minimum absolute atomic E-state index is 0.229. The van der Waals surface area contributed by atoms with Gasteiger partial charge in [-0.1, -0.05) is 30.3 Å². The van der Waals surface area contributed by atoms with Gasteiger partial charge in [-0.05, 0) is 23.8 Å². The van der Waals surface area contributed by atoms with Crippen LogP contribution in [-0.4, -0.2) is 27.3 Å². The minimum Gasteiger partial charge on any atom is -0.493 e. The van der Waals surface area contributed by atoms with Crippen LogP contribution in [0.25, 0.3) is 6.08 Å². The average Bonchev–Trinajstić information content (AvgIpc) is 2.64. The highest BCUT2D eigenvalue weighted by Crippen LogP contribution is 2.40. The summed E-state index contributed by atoms with van der Waals surface area (Å²) in [6.07, 6.45) is 2.97. The van der Waals surface area contributed by atoms with Crippen LogP contribution in [0.15, 0.2) is 48.5 Å². The second kappa shape index (κ2) is 8.62. The molecule has 0 amide bonds. The first-order valence-electron chi connectivity index (χ1n) is 7.37. The molecule has 0 saturated carbocycles. The van der Waals surface area contributed by atoms with Crippen molar-refractivity contribution in [2.75, 3.05) is 21.3 Å². The number of rotatable bonds is 7. The Morgan fingerprint density at radius 3 is 2.25 bits per heavy atom. The van der Waals surface area contributed by atoms with Crippen molar-refractivity contribution in [3.05, 3.63) is 59.7 Å². The number of benzene rings is 2. The number of carbonyl (C=O) groups is 1. The van der Waals surface area contributed by atoms with Gasteiger partial charge in [0, 0.05) is 11.6 Å². The predicted octanol–water partition coefficient (Wildman–Crippen LogP) is 3.47. The SMILES string of the molecule is COc1ccc(C=CC(=O)OCc2ccccc2)c(OC)c1OC. The molecule has 0 fully saturated rings. The average molecular weight is 328 g/mol. The van der Waals surface area contributed by atoms with Gasteiger partial charge in [0.2, 0.25) is 5.75 Å². The van der Waals surface area contributed by atoms with E-state index in [9.17, 15) is 4.79 Å². The maximum absolute atomic E-state index is 11.9. The first kappa shape index (κ1) is 17.4. The summed E-state index contributed by atoms with van der Waals surface area (Å²) in [6.45, 7) is 0.229. The molecule has 2 aromatic rings. The van der Waals surface area contributed by atoms with Gasteiger partial charge in [-0.3, -0.25) is 0 Å². The van der Waals surface area contributed by atoms with Gasteiger partial charge >= 0.3 is 5.97 Å². The van der Waals surface area contributed by atoms with E-state index in [4.69, 9.17) is 18.9 Å². The Bertz CT molecular complexity index is 707. The van der Waals surface area contributed by atoms with Gasteiger partial charge in [-0.15, -0.1) is 0 Å². The fourth-order valence-electron chi connectivity index (χ4n) is 2.19. The molecule has 5 heteroatoms. The monoisotopic (exact) mass is 328 g/mol. The van der Waals surface area contributed by atoms with Crippen molar-refractivity contribution in [2.45, 2.75) is 6.61 Å². The van der Waals surface area contributed by atoms with E-state index in [0.717, 1.165) is 5.56 Å². The van der Waals surface area contributed by atoms with Gasteiger partial charge in [-0.2, -0.15) is 0 Å². The van der Waals surface area contributed by atoms with Gasteiger partial charge in [0.25, 0.3) is 0 Å². The van der Waals surface area contributed by atoms with Crippen LogP contribution < -0.4 is 14.2 Å². The summed E-state index contributed by atoms with van der Waals surface area (Å²) in [7, 11) is 4.61. The summed E-state index contributed by atoms with van der Waals surface area (Å²) in [5, 5.41) is 0. The van der Waals surface area contributed by atoms with E-state index in [0.29, 0.717) is 22.8 Å². The summed E-state index contributed by atoms with van der Waals surface area (Å²) < 4.78 is 21.1. The van der Waals surface area contributed by atoms with Gasteiger partial charge < -0.3 is 18.9 Å². The van der Waals surface area contributed by atoms with Crippen molar-refractivity contribution in [3.63, 3.8) is 0 Å². The van der Waals surface area contributed by atoms with Crippen LogP contribution in [0.3, 0.4) is 0 Å². The normalized spacial score (nSPS) is 10.5. The molecule has 126 valence electrons. The third-order valence-corrected chi connectivity index (χ3v) is 3.36. The van der Waals surface area contributed by atoms with Crippen LogP contribution in [0.1, 0.15) is 11.1 Å². The van der Waals surface area contributed by atoms with E-state index in [1.165, 1.54) is 20.3 Å². The minimum atomic E-state index is -0.435. The third kappa shape index (κ3) is 4.29. The molecule has 0 aliphatic heterocycles. The van der Waals surface area contributed by atoms with E-state index in [1.54, 1.807) is 25.3 Å². The number of ether oxygens (including phenoxy) is 4. The van der Waals surface area contributed by atoms with Gasteiger partial charge in [0.1, 0.15) is 6.61 Å². The van der Waals surface area contributed by atoms with Gasteiger partial charge in [0.05, 0.1) is 21.3 Å². The Hall–Kier alpha value is -2.95. The number of hydrogen-bond acceptors (Lipinski definition) is 5. The van der Waals surface area contributed by atoms with Crippen molar-refractivity contribution < 1.29 is 23.7 Å². The lowest BCUT2D eigenvalue weighted by Gasteiger charge is -2.13. The number of hydrogen-bond donors (Lipinski definition) is 0. The van der Waals surface area contributed by atoms with Crippen LogP contribution in [0, 0.1) is 0 Å². The molecular formula is C19H20O5. The van der Waals surface area contributed by atoms with E-state index >= 15 is 0 Å². The molecule has 0 unspecified atom stereocenters. The summed E-state index contributed by atoms with van der Waals surface area (Å²) >= 11 is 0. The Morgan fingerprint density at radius 1 is 0.917 bits per heavy atom. The van der Waals surface area contributed by atoms with Crippen molar-refractivity contribution in [1.82, 2.24) is 0 Å². The van der Waals surface area contributed by atoms with Crippen LogP contribution in [-0.2, 0) is 16.1 Å². The lowest BCUT2D eigenvalue weighted by molar-refractivity contribution is -0.138. The lowest BCUT2D eigenvalue weighted by atomic mass is 10.1. The number of esters is 1. The zero-order valence-electron chi connectivity index (χ0n) is 13.9. The highest BCUT2D eigenvalue weighted by Gasteiger charge is 2.14. The summed E-state index contributed by atoms with van der Waals surface area (Å²) in [5.41, 5.74) is 1.62. The van der Waals surface area contributed by atoms with Crippen LogP contribution in [0.2, 0.25) is 0 Å². The molecule has 0 N–H and O–H groups in total. The maximum atomic E-state index is 11.9. The predicted molar refractivity (Wildman–Crippen MR) is 91.4 cm³/mol. The second-order valence-electron chi connectivity index (χ2n) is 4.85. The zero-order chi connectivity index (χ0) is 17.4. The Morgan fingerprint density at radius 2 is 1.62 bits per heavy atom. The van der Waals surface area contributed by atoms with Crippen molar-refractivity contribution in [1.29, 1.82) is 0 Å². The van der Waals surface area contributed by atoms with Crippen LogP contribution >= 0.6 is 0 Å². The van der Waals surface area contributed by atoms with E-state index in [1.807, 2.05) is 30.3 Å². The van der Waals surface area contributed by atoms with Crippen molar-refractivity contribution in [2.24, 2.45) is 0 Å². The molecule has 0 bridgehead atoms. The first-order valence-corrected chi connectivity index (χ1v) is 7.37. The molecule has 24 heavy (non-hydrogen) atoms. The molecule has 0 spiro atoms. The molecule has 0 saturated heterocycles. The number of carbonyl (C=O) groups excluding carboxylic acids is 1. The Kier molecular flexibility index (Phi) is 6.25. The Balaban J connectivity index is 2.09. The Labute approximate surface area is 141 Å². The van der Waals surface area contributed by atoms with Crippen molar-refractivity contribution >= 4 is 12.0 Å². The molecule has 0 heterocycles. The summed E-state index contributed by atoms with van der Waals surface area (Å²) in [6, 6.07) is 13.0. The molecule has 0 atom stereocenters. The van der Waals surface area contributed by atoms with Gasteiger partial charge in [0.15, 0.2) is 11.5 Å². The van der Waals surface area contributed by atoms with E-state index < -0.39 is 5.97 Å². The standard InChI is InChI=1S/C19H20O5/c1-21-16-11-9-15(18(22-2)19(16)23-3)10-12-17(20)24-13-14-7-5-4-6-8-14/h4-12H,13H2,1-3H3. The molecule has 0 aliphatic carbocycles. The molecule has 5 nitrogen and oxygen atoms in total. The molecule has 0 radical (unpaired) electrons. The molecule has 2 aromatic carbocycles. The summed E-state index contributed by atoms with van der Waals surface area (Å²) in [5.74, 6) is 1.08. The highest BCUT2D eigenvalue weighted by molar-refractivity contribution is 5.88. The lowest BCUT2D eigenvalue weighted by Crippen LogP contribution is -2.01. The van der Waals surface area contributed by atoms with Crippen LogP contribution in [0.4, 0.5) is 0 Å². The fourth-order valence-corrected chi connectivity index (χ4v) is 2.19. The first-order chi connectivity index (χ1) is 11.7. The van der Waals surface area contributed by atoms with Gasteiger partial charge in [-0.25, -0.2) is 4.79 Å².